The monoisotopic (exact) mass is 718 g/mol. The number of nitrogens with one attached hydrogen (secondary N) is 3. The van der Waals surface area contributed by atoms with E-state index in [0.717, 1.165) is 29.5 Å². The van der Waals surface area contributed by atoms with Gasteiger partial charge < -0.3 is 15.7 Å². The molecule has 51 heavy (non-hydrogen) atoms. The first-order valence-corrected chi connectivity index (χ1v) is 16.8. The van der Waals surface area contributed by atoms with Crippen molar-refractivity contribution in [1.29, 1.82) is 0 Å². The van der Waals surface area contributed by atoms with Gasteiger partial charge in [0.25, 0.3) is 27.4 Å². The number of aromatic nitrogens is 3. The number of carbonyl (C=O) groups is 3. The molecule has 2 aromatic heterocycles. The Morgan fingerprint density at radius 1 is 0.961 bits per heavy atom. The topological polar surface area (TPSA) is 199 Å². The Morgan fingerprint density at radius 3 is 2.29 bits per heavy atom. The Morgan fingerprint density at radius 2 is 1.65 bits per heavy atom. The van der Waals surface area contributed by atoms with E-state index in [-0.39, 0.29) is 39.9 Å². The second kappa shape index (κ2) is 13.6. The molecule has 2 heterocycles. The summed E-state index contributed by atoms with van der Waals surface area (Å²) in [5, 5.41) is 14.9. The molecule has 1 atom stereocenters. The number of hydrogen-bond acceptors (Lipinski definition) is 8. The molecule has 0 aliphatic heterocycles. The molecule has 0 unspecified atom stereocenters. The lowest BCUT2D eigenvalue weighted by Gasteiger charge is -2.16. The van der Waals surface area contributed by atoms with Gasteiger partial charge in [0.2, 0.25) is 0 Å². The number of benzene rings is 3. The number of sulfonamides is 1. The van der Waals surface area contributed by atoms with Gasteiger partial charge in [-0.2, -0.15) is 0 Å². The first-order valence-electron chi connectivity index (χ1n) is 15.3. The van der Waals surface area contributed by atoms with Gasteiger partial charge in [0.15, 0.2) is 0 Å². The lowest BCUT2D eigenvalue weighted by molar-refractivity contribution is -0.139. The molecule has 3 aromatic carbocycles. The number of pyridine rings is 1. The zero-order chi connectivity index (χ0) is 36.6. The summed E-state index contributed by atoms with van der Waals surface area (Å²) in [5.41, 5.74) is -1.82. The van der Waals surface area contributed by atoms with E-state index in [4.69, 9.17) is 0 Å². The number of amides is 2. The second-order valence-electron chi connectivity index (χ2n) is 11.8. The molecule has 0 spiro atoms. The summed E-state index contributed by atoms with van der Waals surface area (Å²) in [5.74, 6) is -5.82. The average Bonchev–Trinajstić information content (AvgIpc) is 3.93. The Bertz CT molecular complexity index is 2450. The summed E-state index contributed by atoms with van der Waals surface area (Å²) in [6, 6.07) is 11.3. The maximum Gasteiger partial charge on any atom is 0.335 e. The van der Waals surface area contributed by atoms with Crippen molar-refractivity contribution >= 4 is 44.4 Å². The Hall–Kier alpha value is -6.23. The van der Waals surface area contributed by atoms with Crippen LogP contribution in [-0.4, -0.2) is 57.5 Å². The Labute approximate surface area is 287 Å². The molecule has 17 heteroatoms. The zero-order valence-corrected chi connectivity index (χ0v) is 27.4. The molecule has 262 valence electrons. The number of hydrogen-bond donors (Lipinski definition) is 4. The van der Waals surface area contributed by atoms with Gasteiger partial charge >= 0.3 is 11.7 Å². The van der Waals surface area contributed by atoms with Gasteiger partial charge in [0, 0.05) is 37.3 Å². The molecule has 1 aliphatic carbocycles. The van der Waals surface area contributed by atoms with Gasteiger partial charge in [-0.3, -0.25) is 28.7 Å². The van der Waals surface area contributed by atoms with Crippen molar-refractivity contribution in [3.63, 3.8) is 0 Å². The third-order valence-corrected chi connectivity index (χ3v) is 9.58. The van der Waals surface area contributed by atoms with Crippen LogP contribution >= 0.6 is 0 Å². The number of aliphatic carboxylic acids is 1. The summed E-state index contributed by atoms with van der Waals surface area (Å²) in [7, 11) is -2.97. The van der Waals surface area contributed by atoms with Crippen LogP contribution in [0.5, 0.6) is 0 Å². The van der Waals surface area contributed by atoms with E-state index < -0.39 is 62.1 Å². The van der Waals surface area contributed by atoms with Gasteiger partial charge in [0.05, 0.1) is 38.9 Å². The number of nitrogens with zero attached hydrogens (tertiary/aromatic N) is 3. The van der Waals surface area contributed by atoms with E-state index in [1.54, 1.807) is 0 Å². The minimum Gasteiger partial charge on any atom is -0.480 e. The molecule has 4 N–H and O–H groups in total. The van der Waals surface area contributed by atoms with Crippen LogP contribution in [0.15, 0.2) is 93.6 Å². The Balaban J connectivity index is 1.15. The van der Waals surface area contributed by atoms with E-state index >= 15 is 8.78 Å². The molecule has 14 nitrogen and oxygen atoms in total. The van der Waals surface area contributed by atoms with Crippen molar-refractivity contribution in [3.8, 4) is 5.69 Å². The van der Waals surface area contributed by atoms with Gasteiger partial charge in [-0.25, -0.2) is 31.4 Å². The fourth-order valence-corrected chi connectivity index (χ4v) is 6.32. The van der Waals surface area contributed by atoms with Gasteiger partial charge in [-0.15, -0.1) is 0 Å². The van der Waals surface area contributed by atoms with Crippen LogP contribution in [0.2, 0.25) is 0 Å². The highest BCUT2D eigenvalue weighted by molar-refractivity contribution is 7.92. The minimum absolute atomic E-state index is 0.0896. The van der Waals surface area contributed by atoms with E-state index in [1.165, 1.54) is 66.5 Å². The maximum atomic E-state index is 15.1. The number of carboxylic acids is 1. The number of carboxylic acid groups (broad SMARTS) is 1. The molecule has 0 bridgehead atoms. The molecular formula is C34H28F2N6O8S. The number of carbonyl (C=O) groups excluding carboxylic acids is 2. The summed E-state index contributed by atoms with van der Waals surface area (Å²) in [4.78, 5) is 66.8. The molecule has 1 aliphatic rings. The SMILES string of the molecule is Cn1c(=O)n(-c2ccc(C[C@H](NC(=O)c3cc(F)c(NS(=O)(=O)c4ccc(C(=O)NC5CC5)cc4)cc3F)C(=O)O)cc2)c(=O)c2ccncc21. The summed E-state index contributed by atoms with van der Waals surface area (Å²) in [6.45, 7) is 0. The van der Waals surface area contributed by atoms with Crippen molar-refractivity contribution < 1.29 is 36.7 Å². The lowest BCUT2D eigenvalue weighted by atomic mass is 10.0. The number of halogens is 2. The maximum absolute atomic E-state index is 15.1. The minimum atomic E-state index is -4.45. The van der Waals surface area contributed by atoms with Crippen molar-refractivity contribution in [1.82, 2.24) is 24.8 Å². The molecule has 1 saturated carbocycles. The Kier molecular flexibility index (Phi) is 9.22. The predicted molar refractivity (Wildman–Crippen MR) is 179 cm³/mol. The smallest absolute Gasteiger partial charge is 0.335 e. The van der Waals surface area contributed by atoms with E-state index in [0.29, 0.717) is 23.2 Å². The van der Waals surface area contributed by atoms with Crippen LogP contribution in [-0.2, 0) is 28.3 Å². The highest BCUT2D eigenvalue weighted by Gasteiger charge is 2.27. The van der Waals surface area contributed by atoms with Crippen molar-refractivity contribution in [3.05, 3.63) is 128 Å². The molecule has 0 saturated heterocycles. The van der Waals surface area contributed by atoms with Crippen molar-refractivity contribution in [2.45, 2.75) is 36.2 Å². The first kappa shape index (κ1) is 34.6. The lowest BCUT2D eigenvalue weighted by Crippen LogP contribution is -2.42. The molecule has 1 fully saturated rings. The van der Waals surface area contributed by atoms with Crippen LogP contribution < -0.4 is 26.6 Å². The fraction of sp³-hybridized carbons (Fsp3) is 0.176. The van der Waals surface area contributed by atoms with Crippen LogP contribution in [0.4, 0.5) is 14.5 Å². The summed E-state index contributed by atoms with van der Waals surface area (Å²) in [6.07, 6.45) is 4.21. The zero-order valence-electron chi connectivity index (χ0n) is 26.6. The van der Waals surface area contributed by atoms with E-state index in [1.807, 2.05) is 4.72 Å². The molecule has 0 radical (unpaired) electrons. The number of rotatable bonds is 11. The third-order valence-electron chi connectivity index (χ3n) is 8.20. The largest absolute Gasteiger partial charge is 0.480 e. The molecular weight excluding hydrogens is 690 g/mol. The molecule has 6 rings (SSSR count). The highest BCUT2D eigenvalue weighted by atomic mass is 32.2. The van der Waals surface area contributed by atoms with Gasteiger partial charge in [-0.1, -0.05) is 12.1 Å². The molecule has 2 amide bonds. The summed E-state index contributed by atoms with van der Waals surface area (Å²) < 4.78 is 59.9. The number of aryl methyl sites for hydroxylation is 1. The van der Waals surface area contributed by atoms with Gasteiger partial charge in [-0.05, 0) is 66.9 Å². The number of anilines is 1. The normalized spacial score (nSPS) is 13.4. The van der Waals surface area contributed by atoms with Crippen LogP contribution in [0.3, 0.4) is 0 Å². The van der Waals surface area contributed by atoms with Crippen molar-refractivity contribution in [2.75, 3.05) is 4.72 Å². The average molecular weight is 719 g/mol. The summed E-state index contributed by atoms with van der Waals surface area (Å²) >= 11 is 0. The fourth-order valence-electron chi connectivity index (χ4n) is 5.26. The van der Waals surface area contributed by atoms with Crippen molar-refractivity contribution in [2.24, 2.45) is 7.05 Å². The predicted octanol–water partition coefficient (Wildman–Crippen LogP) is 2.48. The standard InChI is InChI=1S/C34H28F2N6O8S/c1-41-29-17-37-13-12-23(29)32(45)42(34(41)48)21-8-2-18(3-9-21)14-28(33(46)47)39-31(44)24-15-26(36)27(16-25(24)35)40-51(49,50)22-10-4-19(5-11-22)30(43)38-20-6-7-20/h2-5,8-13,15-17,20,28,40H,6-7,14H2,1H3,(H,38,43)(H,39,44)(H,46,47)/t28-/m0/s1. The van der Waals surface area contributed by atoms with Gasteiger partial charge in [0.1, 0.15) is 17.7 Å². The van der Waals surface area contributed by atoms with Crippen LogP contribution in [0.1, 0.15) is 39.1 Å². The number of fused-ring (bicyclic) bond motifs is 1. The molecule has 5 aromatic rings. The quantitative estimate of drug-likeness (QED) is 0.159. The van der Waals surface area contributed by atoms with Crippen LogP contribution in [0.25, 0.3) is 16.6 Å². The second-order valence-corrected chi connectivity index (χ2v) is 13.5. The van der Waals surface area contributed by atoms with E-state index in [9.17, 15) is 37.5 Å². The van der Waals surface area contributed by atoms with Crippen LogP contribution in [0, 0.1) is 11.6 Å². The van der Waals surface area contributed by atoms with E-state index in [2.05, 4.69) is 15.6 Å². The highest BCUT2D eigenvalue weighted by Crippen LogP contribution is 2.24. The first-order chi connectivity index (χ1) is 24.2. The third kappa shape index (κ3) is 7.23.